The quantitative estimate of drug-likeness (QED) is 0.121. The summed E-state index contributed by atoms with van der Waals surface area (Å²) >= 11 is 0. The Morgan fingerprint density at radius 3 is 0.667 bits per heavy atom. The first-order valence-corrected chi connectivity index (χ1v) is 22.4. The van der Waals surface area contributed by atoms with Crippen LogP contribution in [0.1, 0.15) is 0 Å². The highest BCUT2D eigenvalue weighted by atomic mass is 15.2. The number of rotatable bonds is 12. The van der Waals surface area contributed by atoms with Crippen molar-refractivity contribution in [3.05, 3.63) is 279 Å². The lowest BCUT2D eigenvalue weighted by Crippen LogP contribution is -2.13. The van der Waals surface area contributed by atoms with E-state index < -0.39 is 0 Å². The number of hydrogen-bond acceptors (Lipinski definition) is 4. The molecule has 0 heterocycles. The molecule has 0 saturated heterocycles. The molecule has 0 fully saturated rings. The van der Waals surface area contributed by atoms with Gasteiger partial charge in [-0.2, -0.15) is 0 Å². The van der Waals surface area contributed by atoms with Gasteiger partial charge in [0, 0.05) is 67.6 Å². The third kappa shape index (κ3) is 7.89. The summed E-state index contributed by atoms with van der Waals surface area (Å²) in [4.78, 5) is 9.35. The van der Waals surface area contributed by atoms with Crippen molar-refractivity contribution in [2.24, 2.45) is 0 Å². The average molecular weight is 847 g/mol. The van der Waals surface area contributed by atoms with Crippen LogP contribution >= 0.6 is 0 Å². The zero-order valence-electron chi connectivity index (χ0n) is 36.3. The van der Waals surface area contributed by atoms with Crippen molar-refractivity contribution < 1.29 is 0 Å². The van der Waals surface area contributed by atoms with E-state index in [2.05, 4.69) is 299 Å². The number of hydrogen-bond donors (Lipinski definition) is 0. The smallest absolute Gasteiger partial charge is 0.0540 e. The minimum absolute atomic E-state index is 1.06. The van der Waals surface area contributed by atoms with Crippen LogP contribution in [0.15, 0.2) is 279 Å². The second-order valence-corrected chi connectivity index (χ2v) is 16.2. The van der Waals surface area contributed by atoms with Gasteiger partial charge in [-0.1, -0.05) is 146 Å². The van der Waals surface area contributed by atoms with Crippen LogP contribution in [-0.2, 0) is 0 Å². The Morgan fingerprint density at radius 1 is 0.152 bits per heavy atom. The van der Waals surface area contributed by atoms with Gasteiger partial charge in [0.2, 0.25) is 0 Å². The van der Waals surface area contributed by atoms with E-state index >= 15 is 0 Å². The van der Waals surface area contributed by atoms with Crippen LogP contribution in [0.2, 0.25) is 0 Å². The lowest BCUT2D eigenvalue weighted by molar-refractivity contribution is 1.24. The van der Waals surface area contributed by atoms with Crippen LogP contribution in [0.5, 0.6) is 0 Å². The molecule has 4 heteroatoms. The van der Waals surface area contributed by atoms with E-state index in [9.17, 15) is 0 Å². The monoisotopic (exact) mass is 846 g/mol. The van der Waals surface area contributed by atoms with E-state index in [1.165, 1.54) is 21.5 Å². The summed E-state index contributed by atoms with van der Waals surface area (Å²) in [5, 5.41) is 4.82. The highest BCUT2D eigenvalue weighted by Crippen LogP contribution is 2.44. The first-order valence-electron chi connectivity index (χ1n) is 22.4. The van der Waals surface area contributed by atoms with Crippen molar-refractivity contribution in [2.45, 2.75) is 0 Å². The summed E-state index contributed by atoms with van der Waals surface area (Å²) in [6, 6.07) is 99.4. The Bertz CT molecular complexity index is 3100. The molecule has 66 heavy (non-hydrogen) atoms. The molecule has 0 bridgehead atoms. The molecule has 0 atom stereocenters. The molecule has 0 spiro atoms. The van der Waals surface area contributed by atoms with Gasteiger partial charge >= 0.3 is 0 Å². The summed E-state index contributed by atoms with van der Waals surface area (Å²) in [6.07, 6.45) is 0. The molecule has 11 aromatic carbocycles. The first kappa shape index (κ1) is 40.0. The van der Waals surface area contributed by atoms with Gasteiger partial charge in [-0.15, -0.1) is 0 Å². The van der Waals surface area contributed by atoms with Gasteiger partial charge in [0.05, 0.1) is 11.4 Å². The van der Waals surface area contributed by atoms with Gasteiger partial charge in [-0.25, -0.2) is 0 Å². The van der Waals surface area contributed by atoms with Gasteiger partial charge in [0.1, 0.15) is 0 Å². The lowest BCUT2D eigenvalue weighted by Gasteiger charge is -2.30. The molecule has 0 amide bonds. The van der Waals surface area contributed by atoms with E-state index in [4.69, 9.17) is 0 Å². The predicted molar refractivity (Wildman–Crippen MR) is 280 cm³/mol. The molecule has 0 N–H and O–H groups in total. The van der Waals surface area contributed by atoms with E-state index in [1.807, 2.05) is 0 Å². The summed E-state index contributed by atoms with van der Waals surface area (Å²) in [7, 11) is 0. The number of nitrogens with zero attached hydrogens (tertiary/aromatic N) is 4. The molecule has 0 radical (unpaired) electrons. The van der Waals surface area contributed by atoms with Crippen molar-refractivity contribution in [3.63, 3.8) is 0 Å². The van der Waals surface area contributed by atoms with E-state index in [0.717, 1.165) is 68.2 Å². The van der Waals surface area contributed by atoms with Crippen molar-refractivity contribution in [1.29, 1.82) is 0 Å². The van der Waals surface area contributed by atoms with Crippen LogP contribution in [0, 0.1) is 0 Å². The maximum absolute atomic E-state index is 2.35. The second-order valence-electron chi connectivity index (χ2n) is 16.2. The molecule has 0 saturated carbocycles. The maximum atomic E-state index is 2.35. The van der Waals surface area contributed by atoms with Crippen LogP contribution in [0.4, 0.5) is 68.2 Å². The average Bonchev–Trinajstić information content (AvgIpc) is 3.39. The molecular weight excluding hydrogens is 801 g/mol. The summed E-state index contributed by atoms with van der Waals surface area (Å²) in [5.41, 5.74) is 13.1. The number of benzene rings is 11. The van der Waals surface area contributed by atoms with Gasteiger partial charge < -0.3 is 19.6 Å². The fourth-order valence-electron chi connectivity index (χ4n) is 9.12. The second kappa shape index (κ2) is 18.1. The Hall–Kier alpha value is -8.86. The molecule has 0 aliphatic carbocycles. The van der Waals surface area contributed by atoms with Crippen molar-refractivity contribution in [1.82, 2.24) is 0 Å². The third-order valence-corrected chi connectivity index (χ3v) is 12.2. The Labute approximate surface area is 386 Å². The minimum atomic E-state index is 1.06. The van der Waals surface area contributed by atoms with Crippen LogP contribution in [0.25, 0.3) is 21.5 Å². The third-order valence-electron chi connectivity index (χ3n) is 12.2. The van der Waals surface area contributed by atoms with Crippen LogP contribution in [-0.4, -0.2) is 0 Å². The molecule has 0 unspecified atom stereocenters. The normalized spacial score (nSPS) is 11.0. The van der Waals surface area contributed by atoms with Gasteiger partial charge in [-0.05, 0) is 144 Å². The van der Waals surface area contributed by atoms with Crippen LogP contribution in [0.3, 0.4) is 0 Å². The van der Waals surface area contributed by atoms with Crippen molar-refractivity contribution in [2.75, 3.05) is 19.6 Å². The summed E-state index contributed by atoms with van der Waals surface area (Å²) in [6.45, 7) is 0. The standard InChI is InChI=1S/C62H46N4/c1-5-23-49(24-6-1)63(55-39-43-57(44-40-55)65(51-27-9-3-10-28-51)61-33-17-21-47-19-13-15-31-59(47)61)53-35-37-54(38-36-53)64(50-25-7-2-8-26-50)56-41-45-58(46-42-56)66(52-29-11-4-12-30-52)62-34-18-22-48-20-14-16-32-60(48)62/h1-46H. The van der Waals surface area contributed by atoms with Gasteiger partial charge in [-0.3, -0.25) is 0 Å². The van der Waals surface area contributed by atoms with Gasteiger partial charge in [0.25, 0.3) is 0 Å². The minimum Gasteiger partial charge on any atom is -0.311 e. The number of fused-ring (bicyclic) bond motifs is 2. The fourth-order valence-corrected chi connectivity index (χ4v) is 9.12. The fraction of sp³-hybridized carbons (Fsp3) is 0. The predicted octanol–water partition coefficient (Wildman–Crippen LogP) is 17.9. The molecule has 0 aliphatic heterocycles. The highest BCUT2D eigenvalue weighted by molar-refractivity contribution is 6.00. The first-order chi connectivity index (χ1) is 32.8. The number of para-hydroxylation sites is 4. The zero-order valence-corrected chi connectivity index (χ0v) is 36.3. The van der Waals surface area contributed by atoms with Crippen LogP contribution < -0.4 is 19.6 Å². The topological polar surface area (TPSA) is 13.0 Å². The summed E-state index contributed by atoms with van der Waals surface area (Å²) in [5.74, 6) is 0. The maximum Gasteiger partial charge on any atom is 0.0540 e. The molecule has 0 aromatic heterocycles. The van der Waals surface area contributed by atoms with E-state index in [0.29, 0.717) is 0 Å². The SMILES string of the molecule is c1ccc(N(c2ccc(N(c3ccccc3)c3ccc(N(c4ccccc4)c4cccc5ccccc45)cc3)cc2)c2ccc(N(c3ccccc3)c3cccc4ccccc34)cc2)cc1. The summed E-state index contributed by atoms with van der Waals surface area (Å²) < 4.78 is 0. The largest absolute Gasteiger partial charge is 0.311 e. The molecule has 314 valence electrons. The lowest BCUT2D eigenvalue weighted by atomic mass is 10.1. The Balaban J connectivity index is 0.952. The molecular formula is C62H46N4. The molecule has 4 nitrogen and oxygen atoms in total. The van der Waals surface area contributed by atoms with E-state index in [-0.39, 0.29) is 0 Å². The molecule has 11 rings (SSSR count). The zero-order chi connectivity index (χ0) is 44.1. The highest BCUT2D eigenvalue weighted by Gasteiger charge is 2.20. The molecule has 0 aliphatic rings. The Morgan fingerprint density at radius 2 is 0.364 bits per heavy atom. The van der Waals surface area contributed by atoms with Crippen molar-refractivity contribution in [3.8, 4) is 0 Å². The van der Waals surface area contributed by atoms with Crippen molar-refractivity contribution >= 4 is 89.8 Å². The van der Waals surface area contributed by atoms with Gasteiger partial charge in [0.15, 0.2) is 0 Å². The Kier molecular flexibility index (Phi) is 10.9. The van der Waals surface area contributed by atoms with E-state index in [1.54, 1.807) is 0 Å². The molecule has 11 aromatic rings. The number of anilines is 12.